The maximum Gasteiger partial charge on any atom is 0.326 e. The average Bonchev–Trinajstić information content (AvgIpc) is 2.94. The third kappa shape index (κ3) is 15.6. The average molecular weight is 607 g/mol. The molecule has 4 unspecified atom stereocenters. The Bertz CT molecular complexity index is 1140. The standard InChI is InChI=1S/C26H42N10O7/c27-16(8-4-12-32-25(28)29)21(39)36-19(14-15-6-2-1-3-7-15)23(41)34-17(10-11-20(37)38)22(40)35-18(24(42)43)9-5-13-33-26(30)31/h1-3,6-7,16-19H,4-5,8-14,27H2,(H,34,41)(H,35,40)(H,36,39)(H,37,38)(H,42,43)(H4,28,29,32)(H4,30,31,33). The van der Waals surface area contributed by atoms with Gasteiger partial charge in [0.15, 0.2) is 11.9 Å². The molecule has 0 aliphatic carbocycles. The maximum absolute atomic E-state index is 13.4. The van der Waals surface area contributed by atoms with Crippen molar-refractivity contribution in [3.63, 3.8) is 0 Å². The summed E-state index contributed by atoms with van der Waals surface area (Å²) in [6.45, 7) is 0.377. The smallest absolute Gasteiger partial charge is 0.326 e. The molecule has 0 aliphatic heterocycles. The first-order valence-electron chi connectivity index (χ1n) is 13.6. The number of amides is 3. The van der Waals surface area contributed by atoms with Gasteiger partial charge in [0.2, 0.25) is 17.7 Å². The zero-order valence-corrected chi connectivity index (χ0v) is 23.8. The van der Waals surface area contributed by atoms with Crippen LogP contribution in [0.4, 0.5) is 0 Å². The molecule has 4 atom stereocenters. The van der Waals surface area contributed by atoms with Crippen molar-refractivity contribution < 1.29 is 34.2 Å². The van der Waals surface area contributed by atoms with Gasteiger partial charge in [-0.2, -0.15) is 0 Å². The minimum absolute atomic E-state index is 0.0228. The number of guanidine groups is 2. The van der Waals surface area contributed by atoms with Crippen LogP contribution in [0.25, 0.3) is 0 Å². The van der Waals surface area contributed by atoms with Crippen molar-refractivity contribution in [3.8, 4) is 0 Å². The van der Waals surface area contributed by atoms with Gasteiger partial charge in [-0.1, -0.05) is 30.3 Å². The molecule has 1 rings (SSSR count). The van der Waals surface area contributed by atoms with Crippen molar-refractivity contribution in [1.29, 1.82) is 0 Å². The van der Waals surface area contributed by atoms with Crippen LogP contribution in [0, 0.1) is 0 Å². The molecule has 0 radical (unpaired) electrons. The third-order valence-corrected chi connectivity index (χ3v) is 6.06. The number of rotatable bonds is 20. The quantitative estimate of drug-likeness (QED) is 0.0405. The fourth-order valence-corrected chi connectivity index (χ4v) is 3.83. The number of nitrogens with zero attached hydrogens (tertiary/aromatic N) is 2. The lowest BCUT2D eigenvalue weighted by molar-refractivity contribution is -0.143. The largest absolute Gasteiger partial charge is 0.481 e. The molecule has 0 bridgehead atoms. The molecule has 238 valence electrons. The topological polar surface area (TPSA) is 317 Å². The van der Waals surface area contributed by atoms with Crippen LogP contribution in [0.2, 0.25) is 0 Å². The van der Waals surface area contributed by atoms with E-state index in [9.17, 15) is 34.2 Å². The number of aliphatic carboxylic acids is 2. The SMILES string of the molecule is NC(N)=NCCCC(N)C(=O)NC(Cc1ccccc1)C(=O)NC(CCC(=O)O)C(=O)NC(CCCN=C(N)N)C(=O)O. The Morgan fingerprint density at radius 1 is 0.698 bits per heavy atom. The minimum Gasteiger partial charge on any atom is -0.481 e. The van der Waals surface area contributed by atoms with Crippen molar-refractivity contribution in [2.24, 2.45) is 38.7 Å². The number of hydrogen-bond acceptors (Lipinski definition) is 8. The molecule has 43 heavy (non-hydrogen) atoms. The van der Waals surface area contributed by atoms with Gasteiger partial charge in [0.25, 0.3) is 0 Å². The molecule has 0 saturated heterocycles. The van der Waals surface area contributed by atoms with Crippen LogP contribution in [0.15, 0.2) is 40.3 Å². The number of carboxylic acids is 2. The zero-order valence-electron chi connectivity index (χ0n) is 23.8. The molecule has 15 N–H and O–H groups in total. The van der Waals surface area contributed by atoms with Crippen LogP contribution in [-0.4, -0.2) is 89.0 Å². The van der Waals surface area contributed by atoms with Crippen molar-refractivity contribution in [2.45, 2.75) is 69.1 Å². The first kappa shape index (κ1) is 36.1. The van der Waals surface area contributed by atoms with E-state index in [1.165, 1.54) is 0 Å². The number of carbonyl (C=O) groups excluding carboxylic acids is 3. The van der Waals surface area contributed by atoms with Gasteiger partial charge in [0.1, 0.15) is 18.1 Å². The molecule has 3 amide bonds. The summed E-state index contributed by atoms with van der Waals surface area (Å²) in [5.74, 6) is -5.19. The Morgan fingerprint density at radius 3 is 1.74 bits per heavy atom. The lowest BCUT2D eigenvalue weighted by Gasteiger charge is -2.25. The Labute approximate surface area is 248 Å². The molecule has 0 saturated carbocycles. The molecule has 0 heterocycles. The molecule has 0 fully saturated rings. The minimum atomic E-state index is -1.42. The van der Waals surface area contributed by atoms with Gasteiger partial charge in [0.05, 0.1) is 6.04 Å². The summed E-state index contributed by atoms with van der Waals surface area (Å²) in [6.07, 6.45) is -0.0265. The molecule has 17 nitrogen and oxygen atoms in total. The highest BCUT2D eigenvalue weighted by molar-refractivity contribution is 5.94. The first-order chi connectivity index (χ1) is 20.3. The van der Waals surface area contributed by atoms with Crippen molar-refractivity contribution in [2.75, 3.05) is 13.1 Å². The van der Waals surface area contributed by atoms with E-state index in [4.69, 9.17) is 28.7 Å². The number of carbonyl (C=O) groups is 5. The molecule has 0 aromatic heterocycles. The Morgan fingerprint density at radius 2 is 1.21 bits per heavy atom. The number of benzene rings is 1. The number of nitrogens with two attached hydrogens (primary N) is 5. The van der Waals surface area contributed by atoms with Crippen molar-refractivity contribution >= 4 is 41.6 Å². The van der Waals surface area contributed by atoms with E-state index in [1.54, 1.807) is 30.3 Å². The van der Waals surface area contributed by atoms with Crippen LogP contribution >= 0.6 is 0 Å². The summed E-state index contributed by atoms with van der Waals surface area (Å²) in [7, 11) is 0. The number of hydrogen-bond donors (Lipinski definition) is 10. The number of aliphatic imine (C=N–C) groups is 2. The molecule has 1 aromatic rings. The normalized spacial score (nSPS) is 13.3. The van der Waals surface area contributed by atoms with E-state index >= 15 is 0 Å². The second kappa shape index (κ2) is 19.2. The molecular weight excluding hydrogens is 564 g/mol. The van der Waals surface area contributed by atoms with Crippen molar-refractivity contribution in [1.82, 2.24) is 16.0 Å². The second-order valence-corrected chi connectivity index (χ2v) is 9.65. The fourth-order valence-electron chi connectivity index (χ4n) is 3.83. The molecule has 0 aliphatic rings. The molecule has 1 aromatic carbocycles. The second-order valence-electron chi connectivity index (χ2n) is 9.65. The van der Waals surface area contributed by atoms with E-state index in [1.807, 2.05) is 0 Å². The van der Waals surface area contributed by atoms with E-state index in [-0.39, 0.29) is 57.1 Å². The number of carboxylic acid groups (broad SMARTS) is 2. The highest BCUT2D eigenvalue weighted by Gasteiger charge is 2.30. The van der Waals surface area contributed by atoms with E-state index in [2.05, 4.69) is 25.9 Å². The van der Waals surface area contributed by atoms with Crippen LogP contribution in [0.5, 0.6) is 0 Å². The van der Waals surface area contributed by atoms with Gasteiger partial charge in [-0.05, 0) is 37.7 Å². The highest BCUT2D eigenvalue weighted by atomic mass is 16.4. The fraction of sp³-hybridized carbons (Fsp3) is 0.500. The predicted molar refractivity (Wildman–Crippen MR) is 158 cm³/mol. The summed E-state index contributed by atoms with van der Waals surface area (Å²) in [5, 5.41) is 26.1. The van der Waals surface area contributed by atoms with Crippen LogP contribution in [-0.2, 0) is 30.4 Å². The summed E-state index contributed by atoms with van der Waals surface area (Å²) in [4.78, 5) is 69.9. The summed E-state index contributed by atoms with van der Waals surface area (Å²) in [6, 6.07) is 3.73. The van der Waals surface area contributed by atoms with Gasteiger partial charge >= 0.3 is 11.9 Å². The monoisotopic (exact) mass is 606 g/mol. The zero-order chi connectivity index (χ0) is 32.4. The van der Waals surface area contributed by atoms with Gasteiger partial charge < -0.3 is 54.8 Å². The summed E-state index contributed by atoms with van der Waals surface area (Å²) >= 11 is 0. The van der Waals surface area contributed by atoms with Crippen LogP contribution in [0.1, 0.15) is 44.1 Å². The summed E-state index contributed by atoms with van der Waals surface area (Å²) in [5.41, 5.74) is 27.8. The lowest BCUT2D eigenvalue weighted by Crippen LogP contribution is -2.57. The van der Waals surface area contributed by atoms with Crippen LogP contribution in [0.3, 0.4) is 0 Å². The van der Waals surface area contributed by atoms with Gasteiger partial charge in [0, 0.05) is 25.9 Å². The highest BCUT2D eigenvalue weighted by Crippen LogP contribution is 2.08. The van der Waals surface area contributed by atoms with E-state index in [0.29, 0.717) is 12.0 Å². The molecular formula is C26H42N10O7. The van der Waals surface area contributed by atoms with E-state index in [0.717, 1.165) is 0 Å². The van der Waals surface area contributed by atoms with Gasteiger partial charge in [-0.15, -0.1) is 0 Å². The molecule has 0 spiro atoms. The Kier molecular flexibility index (Phi) is 16.1. The Hall–Kier alpha value is -4.93. The predicted octanol–water partition coefficient (Wildman–Crippen LogP) is -2.93. The first-order valence-corrected chi connectivity index (χ1v) is 13.6. The van der Waals surface area contributed by atoms with Crippen LogP contribution < -0.4 is 44.6 Å². The van der Waals surface area contributed by atoms with E-state index < -0.39 is 60.2 Å². The van der Waals surface area contributed by atoms with Gasteiger partial charge in [-0.3, -0.25) is 29.2 Å². The van der Waals surface area contributed by atoms with Crippen molar-refractivity contribution in [3.05, 3.63) is 35.9 Å². The molecule has 17 heteroatoms. The summed E-state index contributed by atoms with van der Waals surface area (Å²) < 4.78 is 0. The lowest BCUT2D eigenvalue weighted by atomic mass is 10.0. The Balaban J connectivity index is 3.07. The third-order valence-electron chi connectivity index (χ3n) is 6.06. The maximum atomic E-state index is 13.4. The number of nitrogens with one attached hydrogen (secondary N) is 3. The van der Waals surface area contributed by atoms with Gasteiger partial charge in [-0.25, -0.2) is 4.79 Å².